The third kappa shape index (κ3) is 4.45. The second-order valence-electron chi connectivity index (χ2n) is 6.72. The highest BCUT2D eigenvalue weighted by molar-refractivity contribution is 4.82. The summed E-state index contributed by atoms with van der Waals surface area (Å²) in [5.74, 6) is 0.765. The van der Waals surface area contributed by atoms with E-state index in [0.29, 0.717) is 11.5 Å². The third-order valence-corrected chi connectivity index (χ3v) is 4.27. The highest BCUT2D eigenvalue weighted by Crippen LogP contribution is 2.34. The Morgan fingerprint density at radius 2 is 1.88 bits per heavy atom. The summed E-state index contributed by atoms with van der Waals surface area (Å²) in [5.41, 5.74) is 0.579. The monoisotopic (exact) mass is 225 g/mol. The largest absolute Gasteiger partial charge is 0.311 e. The molecule has 0 saturated heterocycles. The summed E-state index contributed by atoms with van der Waals surface area (Å²) in [5, 5.41) is 3.88. The second-order valence-corrected chi connectivity index (χ2v) is 6.72. The zero-order valence-electron chi connectivity index (χ0n) is 12.0. The maximum Gasteiger partial charge on any atom is 0.00900 e. The van der Waals surface area contributed by atoms with Crippen LogP contribution in [0.25, 0.3) is 0 Å². The molecule has 0 amide bonds. The fourth-order valence-corrected chi connectivity index (χ4v) is 2.91. The van der Waals surface area contributed by atoms with Crippen molar-refractivity contribution in [2.75, 3.05) is 0 Å². The summed E-state index contributed by atoms with van der Waals surface area (Å²) in [7, 11) is 0. The molecule has 96 valence electrons. The molecule has 1 N–H and O–H groups in total. The minimum absolute atomic E-state index is 0.579. The number of hydrogen-bond acceptors (Lipinski definition) is 1. The lowest BCUT2D eigenvalue weighted by molar-refractivity contribution is 0.295. The van der Waals surface area contributed by atoms with Gasteiger partial charge in [0.25, 0.3) is 0 Å². The van der Waals surface area contributed by atoms with Crippen LogP contribution in [0.2, 0.25) is 0 Å². The predicted molar refractivity (Wildman–Crippen MR) is 72.7 cm³/mol. The highest BCUT2D eigenvalue weighted by Gasteiger charge is 2.25. The van der Waals surface area contributed by atoms with E-state index in [1.54, 1.807) is 0 Å². The zero-order chi connectivity index (χ0) is 12.2. The van der Waals surface area contributed by atoms with Crippen LogP contribution in [0.15, 0.2) is 0 Å². The van der Waals surface area contributed by atoms with Gasteiger partial charge in [-0.05, 0) is 43.4 Å². The van der Waals surface area contributed by atoms with Crippen molar-refractivity contribution in [3.63, 3.8) is 0 Å². The summed E-state index contributed by atoms with van der Waals surface area (Å²) >= 11 is 0. The molecule has 1 fully saturated rings. The topological polar surface area (TPSA) is 12.0 Å². The van der Waals surface area contributed by atoms with Gasteiger partial charge < -0.3 is 5.32 Å². The number of hydrogen-bond donors (Lipinski definition) is 1. The van der Waals surface area contributed by atoms with Gasteiger partial charge in [0, 0.05) is 12.1 Å². The average Bonchev–Trinajstić information content (AvgIpc) is 2.36. The molecule has 1 aliphatic carbocycles. The first kappa shape index (κ1) is 14.0. The van der Waals surface area contributed by atoms with Gasteiger partial charge in [0.1, 0.15) is 0 Å². The van der Waals surface area contributed by atoms with Gasteiger partial charge in [-0.25, -0.2) is 0 Å². The lowest BCUT2D eigenvalue weighted by atomic mass is 9.85. The van der Waals surface area contributed by atoms with Gasteiger partial charge in [-0.15, -0.1) is 0 Å². The molecule has 1 saturated carbocycles. The predicted octanol–water partition coefficient (Wildman–Crippen LogP) is 4.37. The van der Waals surface area contributed by atoms with Crippen molar-refractivity contribution < 1.29 is 0 Å². The van der Waals surface area contributed by atoms with E-state index in [4.69, 9.17) is 0 Å². The van der Waals surface area contributed by atoms with Crippen molar-refractivity contribution in [2.45, 2.75) is 85.2 Å². The first-order valence-corrected chi connectivity index (χ1v) is 7.20. The van der Waals surface area contributed by atoms with E-state index in [2.05, 4.69) is 39.9 Å². The molecule has 0 bridgehead atoms. The standard InChI is InChI=1S/C15H31N/c1-6-14(12(2)3)16-13-8-7-10-15(4,5)11-9-13/h12-14,16H,6-11H2,1-5H3. The van der Waals surface area contributed by atoms with Crippen LogP contribution < -0.4 is 5.32 Å². The second kappa shape index (κ2) is 6.05. The van der Waals surface area contributed by atoms with Gasteiger partial charge in [0.2, 0.25) is 0 Å². The zero-order valence-corrected chi connectivity index (χ0v) is 12.0. The Labute approximate surface area is 102 Å². The molecule has 1 rings (SSSR count). The van der Waals surface area contributed by atoms with E-state index < -0.39 is 0 Å². The summed E-state index contributed by atoms with van der Waals surface area (Å²) < 4.78 is 0. The fraction of sp³-hybridized carbons (Fsp3) is 1.00. The Balaban J connectivity index is 2.43. The lowest BCUT2D eigenvalue weighted by Crippen LogP contribution is -2.40. The Hall–Kier alpha value is -0.0400. The van der Waals surface area contributed by atoms with Crippen LogP contribution >= 0.6 is 0 Å². The molecule has 1 aliphatic rings. The maximum absolute atomic E-state index is 3.88. The molecule has 2 atom stereocenters. The van der Waals surface area contributed by atoms with Crippen LogP contribution in [0.4, 0.5) is 0 Å². The molecule has 0 aromatic rings. The Kier molecular flexibility index (Phi) is 5.30. The van der Waals surface area contributed by atoms with Gasteiger partial charge in [-0.2, -0.15) is 0 Å². The van der Waals surface area contributed by atoms with Gasteiger partial charge in [0.05, 0.1) is 0 Å². The molecule has 0 spiro atoms. The van der Waals surface area contributed by atoms with Crippen LogP contribution in [0.5, 0.6) is 0 Å². The van der Waals surface area contributed by atoms with Crippen LogP contribution in [-0.2, 0) is 0 Å². The number of nitrogens with one attached hydrogen (secondary N) is 1. The molecular formula is C15H31N. The quantitative estimate of drug-likeness (QED) is 0.701. The molecule has 1 nitrogen and oxygen atoms in total. The molecule has 2 unspecified atom stereocenters. The molecule has 0 aliphatic heterocycles. The van der Waals surface area contributed by atoms with Gasteiger partial charge in [-0.3, -0.25) is 0 Å². The van der Waals surface area contributed by atoms with Crippen molar-refractivity contribution in [1.82, 2.24) is 5.32 Å². The summed E-state index contributed by atoms with van der Waals surface area (Å²) in [6, 6.07) is 1.49. The third-order valence-electron chi connectivity index (χ3n) is 4.27. The Morgan fingerprint density at radius 1 is 1.19 bits per heavy atom. The number of rotatable bonds is 4. The molecule has 0 heterocycles. The van der Waals surface area contributed by atoms with Crippen molar-refractivity contribution in [2.24, 2.45) is 11.3 Å². The smallest absolute Gasteiger partial charge is 0.00900 e. The first-order valence-electron chi connectivity index (χ1n) is 7.20. The van der Waals surface area contributed by atoms with Crippen LogP contribution in [0.1, 0.15) is 73.1 Å². The van der Waals surface area contributed by atoms with E-state index in [0.717, 1.165) is 12.0 Å². The minimum Gasteiger partial charge on any atom is -0.311 e. The van der Waals surface area contributed by atoms with Crippen molar-refractivity contribution >= 4 is 0 Å². The normalized spacial score (nSPS) is 27.8. The van der Waals surface area contributed by atoms with Crippen LogP contribution in [0.3, 0.4) is 0 Å². The van der Waals surface area contributed by atoms with Crippen molar-refractivity contribution in [3.05, 3.63) is 0 Å². The SMILES string of the molecule is CCC(NC1CCCC(C)(C)CC1)C(C)C. The van der Waals surface area contributed by atoms with Crippen molar-refractivity contribution in [1.29, 1.82) is 0 Å². The molecule has 1 heteroatoms. The first-order chi connectivity index (χ1) is 7.44. The molecule has 0 aromatic carbocycles. The Morgan fingerprint density at radius 3 is 2.44 bits per heavy atom. The van der Waals surface area contributed by atoms with E-state index in [-0.39, 0.29) is 0 Å². The van der Waals surface area contributed by atoms with Crippen LogP contribution in [-0.4, -0.2) is 12.1 Å². The maximum atomic E-state index is 3.88. The van der Waals surface area contributed by atoms with E-state index in [1.165, 1.54) is 38.5 Å². The van der Waals surface area contributed by atoms with Crippen LogP contribution in [0, 0.1) is 11.3 Å². The van der Waals surface area contributed by atoms with E-state index in [9.17, 15) is 0 Å². The van der Waals surface area contributed by atoms with E-state index in [1.807, 2.05) is 0 Å². The minimum atomic E-state index is 0.579. The summed E-state index contributed by atoms with van der Waals surface area (Å²) in [4.78, 5) is 0. The molecule has 16 heavy (non-hydrogen) atoms. The van der Waals surface area contributed by atoms with Crippen molar-refractivity contribution in [3.8, 4) is 0 Å². The average molecular weight is 225 g/mol. The lowest BCUT2D eigenvalue weighted by Gasteiger charge is -2.27. The molecule has 0 aromatic heterocycles. The summed E-state index contributed by atoms with van der Waals surface area (Å²) in [6.45, 7) is 11.8. The Bertz CT molecular complexity index is 196. The summed E-state index contributed by atoms with van der Waals surface area (Å²) in [6.07, 6.45) is 8.21. The molecular weight excluding hydrogens is 194 g/mol. The van der Waals surface area contributed by atoms with Gasteiger partial charge in [0.15, 0.2) is 0 Å². The van der Waals surface area contributed by atoms with Gasteiger partial charge >= 0.3 is 0 Å². The highest BCUT2D eigenvalue weighted by atomic mass is 15.0. The van der Waals surface area contributed by atoms with E-state index >= 15 is 0 Å². The fourth-order valence-electron chi connectivity index (χ4n) is 2.91. The molecule has 0 radical (unpaired) electrons. The van der Waals surface area contributed by atoms with Gasteiger partial charge in [-0.1, -0.05) is 41.0 Å².